The van der Waals surface area contributed by atoms with Gasteiger partial charge in [0.2, 0.25) is 5.95 Å². The number of amides is 1. The summed E-state index contributed by atoms with van der Waals surface area (Å²) in [6.45, 7) is 2.87. The maximum atomic E-state index is 12.4. The minimum Gasteiger partial charge on any atom is -0.465 e. The number of unbranched alkanes of at least 4 members (excludes halogenated alkanes) is 2. The first kappa shape index (κ1) is 19.7. The fraction of sp³-hybridized carbons (Fsp3) is 0.333. The first-order chi connectivity index (χ1) is 12.5. The zero-order valence-electron chi connectivity index (χ0n) is 14.7. The lowest BCUT2D eigenvalue weighted by molar-refractivity contribution is 0.0600. The number of rotatable bonds is 8. The number of carbonyl (C=O) groups excluding carboxylic acids is 2. The monoisotopic (exact) mass is 376 g/mol. The molecule has 8 heteroatoms. The number of halogens is 1. The maximum absolute atomic E-state index is 12.4. The van der Waals surface area contributed by atoms with E-state index in [-0.39, 0.29) is 11.3 Å². The highest BCUT2D eigenvalue weighted by Gasteiger charge is 2.14. The highest BCUT2D eigenvalue weighted by molar-refractivity contribution is 6.34. The van der Waals surface area contributed by atoms with Gasteiger partial charge in [-0.2, -0.15) is 0 Å². The zero-order valence-corrected chi connectivity index (χ0v) is 15.5. The van der Waals surface area contributed by atoms with Gasteiger partial charge < -0.3 is 15.4 Å². The largest absolute Gasteiger partial charge is 0.465 e. The van der Waals surface area contributed by atoms with Crippen LogP contribution in [-0.4, -0.2) is 35.5 Å². The molecule has 1 heterocycles. The summed E-state index contributed by atoms with van der Waals surface area (Å²) in [5.74, 6) is -0.575. The third kappa shape index (κ3) is 5.42. The van der Waals surface area contributed by atoms with Gasteiger partial charge in [0.1, 0.15) is 5.69 Å². The molecule has 0 aliphatic rings. The molecule has 2 aromatic rings. The molecule has 0 spiro atoms. The number of methoxy groups -OCH3 is 1. The second kappa shape index (κ2) is 9.72. The van der Waals surface area contributed by atoms with E-state index in [0.717, 1.165) is 25.8 Å². The van der Waals surface area contributed by atoms with Crippen LogP contribution in [-0.2, 0) is 4.74 Å². The summed E-state index contributed by atoms with van der Waals surface area (Å²) >= 11 is 6.09. The predicted octanol–water partition coefficient (Wildman–Crippen LogP) is 3.77. The van der Waals surface area contributed by atoms with E-state index >= 15 is 0 Å². The molecular weight excluding hydrogens is 356 g/mol. The van der Waals surface area contributed by atoms with Crippen molar-refractivity contribution in [3.8, 4) is 0 Å². The van der Waals surface area contributed by atoms with Gasteiger partial charge in [0.25, 0.3) is 5.91 Å². The molecule has 0 saturated heterocycles. The van der Waals surface area contributed by atoms with Crippen LogP contribution in [0.3, 0.4) is 0 Å². The Morgan fingerprint density at radius 3 is 2.77 bits per heavy atom. The van der Waals surface area contributed by atoms with Crippen LogP contribution in [0.25, 0.3) is 0 Å². The third-order valence-corrected chi connectivity index (χ3v) is 3.92. The molecule has 2 N–H and O–H groups in total. The third-order valence-electron chi connectivity index (χ3n) is 3.59. The summed E-state index contributed by atoms with van der Waals surface area (Å²) in [4.78, 5) is 32.4. The van der Waals surface area contributed by atoms with Crippen molar-refractivity contribution in [3.05, 3.63) is 46.7 Å². The molecule has 0 unspecified atom stereocenters. The fourth-order valence-electron chi connectivity index (χ4n) is 2.20. The highest BCUT2D eigenvalue weighted by Crippen LogP contribution is 2.24. The molecule has 1 aromatic heterocycles. The molecule has 138 valence electrons. The summed E-state index contributed by atoms with van der Waals surface area (Å²) in [7, 11) is 1.28. The molecule has 0 atom stereocenters. The topological polar surface area (TPSA) is 93.2 Å². The average Bonchev–Trinajstić information content (AvgIpc) is 2.66. The van der Waals surface area contributed by atoms with Gasteiger partial charge in [-0.3, -0.25) is 4.79 Å². The molecule has 1 aromatic carbocycles. The molecule has 7 nitrogen and oxygen atoms in total. The Morgan fingerprint density at radius 2 is 2.04 bits per heavy atom. The van der Waals surface area contributed by atoms with E-state index in [2.05, 4.69) is 32.3 Å². The highest BCUT2D eigenvalue weighted by atomic mass is 35.5. The average molecular weight is 377 g/mol. The summed E-state index contributed by atoms with van der Waals surface area (Å²) in [5, 5.41) is 6.05. The van der Waals surface area contributed by atoms with Crippen LogP contribution in [0.2, 0.25) is 5.02 Å². The number of ether oxygens (including phenoxy) is 1. The van der Waals surface area contributed by atoms with Crippen LogP contribution in [0.1, 0.15) is 47.0 Å². The quantitative estimate of drug-likeness (QED) is 0.538. The van der Waals surface area contributed by atoms with Crippen LogP contribution in [0.15, 0.2) is 30.5 Å². The van der Waals surface area contributed by atoms with Crippen LogP contribution < -0.4 is 10.6 Å². The molecule has 0 saturated carbocycles. The van der Waals surface area contributed by atoms with E-state index < -0.39 is 11.9 Å². The van der Waals surface area contributed by atoms with E-state index in [1.165, 1.54) is 37.6 Å². The second-order valence-electron chi connectivity index (χ2n) is 5.54. The lowest BCUT2D eigenvalue weighted by Crippen LogP contribution is -2.16. The molecule has 26 heavy (non-hydrogen) atoms. The lowest BCUT2D eigenvalue weighted by Gasteiger charge is -2.09. The molecule has 0 radical (unpaired) electrons. The van der Waals surface area contributed by atoms with Gasteiger partial charge in [-0.05, 0) is 30.7 Å². The molecule has 2 rings (SSSR count). The number of anilines is 2. The summed E-state index contributed by atoms with van der Waals surface area (Å²) in [5.41, 5.74) is 0.779. The Kier molecular flexibility index (Phi) is 7.35. The van der Waals surface area contributed by atoms with Gasteiger partial charge in [-0.1, -0.05) is 31.4 Å². The van der Waals surface area contributed by atoms with Gasteiger partial charge >= 0.3 is 5.97 Å². The lowest BCUT2D eigenvalue weighted by atomic mass is 10.2. The van der Waals surface area contributed by atoms with Gasteiger partial charge in [0.15, 0.2) is 0 Å². The Morgan fingerprint density at radius 1 is 1.23 bits per heavy atom. The molecule has 1 amide bonds. The van der Waals surface area contributed by atoms with Gasteiger partial charge in [-0.15, -0.1) is 0 Å². The normalized spacial score (nSPS) is 10.3. The van der Waals surface area contributed by atoms with Crippen molar-refractivity contribution in [3.63, 3.8) is 0 Å². The minimum absolute atomic E-state index is 0.192. The van der Waals surface area contributed by atoms with Crippen molar-refractivity contribution in [2.75, 3.05) is 24.3 Å². The summed E-state index contributed by atoms with van der Waals surface area (Å²) < 4.78 is 4.67. The minimum atomic E-state index is -0.516. The number of hydrogen-bond acceptors (Lipinski definition) is 6. The van der Waals surface area contributed by atoms with E-state index in [1.807, 2.05) is 0 Å². The Hall–Kier alpha value is -2.67. The number of aromatic nitrogens is 2. The molecule has 0 fully saturated rings. The summed E-state index contributed by atoms with van der Waals surface area (Å²) in [6, 6.07) is 6.00. The first-order valence-electron chi connectivity index (χ1n) is 8.31. The van der Waals surface area contributed by atoms with Crippen molar-refractivity contribution < 1.29 is 14.3 Å². The van der Waals surface area contributed by atoms with E-state index in [4.69, 9.17) is 11.6 Å². The maximum Gasteiger partial charge on any atom is 0.337 e. The molecular formula is C18H21ClN4O3. The Labute approximate surface area is 157 Å². The predicted molar refractivity (Wildman–Crippen MR) is 101 cm³/mol. The Bertz CT molecular complexity index is 783. The molecule has 0 aliphatic heterocycles. The van der Waals surface area contributed by atoms with Gasteiger partial charge in [-0.25, -0.2) is 14.8 Å². The molecule has 0 aliphatic carbocycles. The van der Waals surface area contributed by atoms with E-state index in [1.54, 1.807) is 0 Å². The SMILES string of the molecule is CCCCCNc1nccc(C(=O)Nc2cc(C(=O)OC)ccc2Cl)n1. The van der Waals surface area contributed by atoms with Crippen molar-refractivity contribution in [2.45, 2.75) is 26.2 Å². The number of carbonyl (C=O) groups is 2. The second-order valence-corrected chi connectivity index (χ2v) is 5.95. The number of nitrogens with one attached hydrogen (secondary N) is 2. The Balaban J connectivity index is 2.09. The van der Waals surface area contributed by atoms with Crippen LogP contribution >= 0.6 is 11.6 Å². The van der Waals surface area contributed by atoms with Gasteiger partial charge in [0.05, 0.1) is 23.4 Å². The number of benzene rings is 1. The van der Waals surface area contributed by atoms with Crippen LogP contribution in [0.4, 0.5) is 11.6 Å². The first-order valence-corrected chi connectivity index (χ1v) is 8.69. The molecule has 0 bridgehead atoms. The fourth-order valence-corrected chi connectivity index (χ4v) is 2.36. The van der Waals surface area contributed by atoms with Crippen LogP contribution in [0.5, 0.6) is 0 Å². The van der Waals surface area contributed by atoms with Crippen molar-refractivity contribution >= 4 is 35.1 Å². The van der Waals surface area contributed by atoms with Crippen molar-refractivity contribution in [2.24, 2.45) is 0 Å². The van der Waals surface area contributed by atoms with Crippen LogP contribution in [0, 0.1) is 0 Å². The zero-order chi connectivity index (χ0) is 18.9. The number of esters is 1. The van der Waals surface area contributed by atoms with Crippen molar-refractivity contribution in [1.29, 1.82) is 0 Å². The number of hydrogen-bond donors (Lipinski definition) is 2. The van der Waals surface area contributed by atoms with Gasteiger partial charge in [0, 0.05) is 12.7 Å². The standard InChI is InChI=1S/C18H21ClN4O3/c1-3-4-5-9-20-18-21-10-8-14(23-18)16(24)22-15-11-12(17(25)26-2)6-7-13(15)19/h6-8,10-11H,3-5,9H2,1-2H3,(H,22,24)(H,20,21,23). The van der Waals surface area contributed by atoms with Crippen molar-refractivity contribution in [1.82, 2.24) is 9.97 Å². The summed E-state index contributed by atoms with van der Waals surface area (Å²) in [6.07, 6.45) is 4.75. The number of nitrogens with zero attached hydrogens (tertiary/aromatic N) is 2. The van der Waals surface area contributed by atoms with E-state index in [0.29, 0.717) is 16.7 Å². The smallest absolute Gasteiger partial charge is 0.337 e. The van der Waals surface area contributed by atoms with E-state index in [9.17, 15) is 9.59 Å².